The van der Waals surface area contributed by atoms with E-state index < -0.39 is 5.54 Å². The highest BCUT2D eigenvalue weighted by atomic mass is 19.1. The van der Waals surface area contributed by atoms with Crippen molar-refractivity contribution in [2.45, 2.75) is 25.8 Å². The van der Waals surface area contributed by atoms with Crippen molar-refractivity contribution in [1.29, 1.82) is 0 Å². The lowest BCUT2D eigenvalue weighted by Crippen LogP contribution is -2.41. The Balaban J connectivity index is 2.19. The van der Waals surface area contributed by atoms with Gasteiger partial charge in [-0.25, -0.2) is 4.39 Å². The lowest BCUT2D eigenvalue weighted by molar-refractivity contribution is 0.221. The minimum atomic E-state index is -0.601. The molecular weight excluding hydrogens is 253 g/mol. The highest BCUT2D eigenvalue weighted by Gasteiger charge is 2.25. The van der Waals surface area contributed by atoms with Gasteiger partial charge in [-0.3, -0.25) is 0 Å². The van der Waals surface area contributed by atoms with E-state index in [9.17, 15) is 9.50 Å². The molecule has 0 saturated heterocycles. The predicted molar refractivity (Wildman–Crippen MR) is 80.4 cm³/mol. The van der Waals surface area contributed by atoms with Crippen LogP contribution in [-0.2, 0) is 6.42 Å². The SMILES string of the molecule is Cc1cccc(NC(C)(CO)Cc2ccccc2F)c1. The van der Waals surface area contributed by atoms with Crippen molar-refractivity contribution in [2.75, 3.05) is 11.9 Å². The van der Waals surface area contributed by atoms with Crippen LogP contribution in [0.5, 0.6) is 0 Å². The number of aryl methyl sites for hydroxylation is 1. The third-order valence-electron chi connectivity index (χ3n) is 3.35. The van der Waals surface area contributed by atoms with Gasteiger partial charge in [-0.1, -0.05) is 30.3 Å². The second-order valence-corrected chi connectivity index (χ2v) is 5.48. The van der Waals surface area contributed by atoms with Gasteiger partial charge in [0.25, 0.3) is 0 Å². The molecule has 2 aromatic rings. The fourth-order valence-electron chi connectivity index (χ4n) is 2.27. The third-order valence-corrected chi connectivity index (χ3v) is 3.35. The van der Waals surface area contributed by atoms with Crippen molar-refractivity contribution in [3.8, 4) is 0 Å². The molecule has 1 atom stereocenters. The summed E-state index contributed by atoms with van der Waals surface area (Å²) in [5.74, 6) is -0.238. The van der Waals surface area contributed by atoms with Crippen LogP contribution in [0.15, 0.2) is 48.5 Å². The summed E-state index contributed by atoms with van der Waals surface area (Å²) in [5.41, 5.74) is 2.07. The normalized spacial score (nSPS) is 13.8. The second-order valence-electron chi connectivity index (χ2n) is 5.48. The van der Waals surface area contributed by atoms with Crippen LogP contribution >= 0.6 is 0 Å². The number of anilines is 1. The summed E-state index contributed by atoms with van der Waals surface area (Å²) in [5, 5.41) is 13.0. The molecule has 0 bridgehead atoms. The minimum Gasteiger partial charge on any atom is -0.394 e. The van der Waals surface area contributed by atoms with Crippen LogP contribution in [-0.4, -0.2) is 17.3 Å². The third kappa shape index (κ3) is 3.58. The van der Waals surface area contributed by atoms with Crippen LogP contribution in [0.25, 0.3) is 0 Å². The topological polar surface area (TPSA) is 32.3 Å². The van der Waals surface area contributed by atoms with Crippen LogP contribution in [0.4, 0.5) is 10.1 Å². The van der Waals surface area contributed by atoms with Gasteiger partial charge in [-0.15, -0.1) is 0 Å². The summed E-state index contributed by atoms with van der Waals surface area (Å²) in [4.78, 5) is 0. The molecule has 20 heavy (non-hydrogen) atoms. The second kappa shape index (κ2) is 6.06. The van der Waals surface area contributed by atoms with Crippen molar-refractivity contribution in [3.05, 3.63) is 65.5 Å². The van der Waals surface area contributed by atoms with Crippen LogP contribution in [0, 0.1) is 12.7 Å². The Morgan fingerprint density at radius 1 is 1.15 bits per heavy atom. The van der Waals surface area contributed by atoms with Crippen molar-refractivity contribution in [1.82, 2.24) is 0 Å². The molecule has 0 fully saturated rings. The van der Waals surface area contributed by atoms with E-state index in [0.717, 1.165) is 11.3 Å². The summed E-state index contributed by atoms with van der Waals surface area (Å²) in [6.07, 6.45) is 0.421. The summed E-state index contributed by atoms with van der Waals surface area (Å²) in [6, 6.07) is 14.6. The number of rotatable bonds is 5. The highest BCUT2D eigenvalue weighted by molar-refractivity contribution is 5.48. The van der Waals surface area contributed by atoms with Gasteiger partial charge in [0.15, 0.2) is 0 Å². The summed E-state index contributed by atoms with van der Waals surface area (Å²) in [6.45, 7) is 3.83. The fraction of sp³-hybridized carbons (Fsp3) is 0.294. The number of nitrogens with one attached hydrogen (secondary N) is 1. The molecule has 2 nitrogen and oxygen atoms in total. The first-order valence-corrected chi connectivity index (χ1v) is 6.71. The number of benzene rings is 2. The van der Waals surface area contributed by atoms with Crippen molar-refractivity contribution in [2.24, 2.45) is 0 Å². The largest absolute Gasteiger partial charge is 0.394 e. The number of aliphatic hydroxyl groups is 1. The lowest BCUT2D eigenvalue weighted by Gasteiger charge is -2.30. The van der Waals surface area contributed by atoms with Gasteiger partial charge in [0.2, 0.25) is 0 Å². The van der Waals surface area contributed by atoms with E-state index >= 15 is 0 Å². The summed E-state index contributed by atoms with van der Waals surface area (Å²) in [7, 11) is 0. The first kappa shape index (κ1) is 14.5. The molecule has 3 heteroatoms. The summed E-state index contributed by atoms with van der Waals surface area (Å²) >= 11 is 0. The van der Waals surface area contributed by atoms with Crippen molar-refractivity contribution >= 4 is 5.69 Å². The van der Waals surface area contributed by atoms with Crippen LogP contribution in [0.3, 0.4) is 0 Å². The zero-order valence-corrected chi connectivity index (χ0v) is 11.9. The Labute approximate surface area is 119 Å². The molecule has 2 aromatic carbocycles. The van der Waals surface area contributed by atoms with Crippen LogP contribution < -0.4 is 5.32 Å². The Morgan fingerprint density at radius 2 is 1.90 bits per heavy atom. The van der Waals surface area contributed by atoms with E-state index in [1.54, 1.807) is 12.1 Å². The summed E-state index contributed by atoms with van der Waals surface area (Å²) < 4.78 is 13.7. The number of hydrogen-bond acceptors (Lipinski definition) is 2. The van der Waals surface area contributed by atoms with E-state index in [0.29, 0.717) is 12.0 Å². The Bertz CT molecular complexity index is 585. The zero-order valence-electron chi connectivity index (χ0n) is 11.9. The predicted octanol–water partition coefficient (Wildman–Crippen LogP) is 3.54. The average Bonchev–Trinajstić information content (AvgIpc) is 2.41. The van der Waals surface area contributed by atoms with Crippen LogP contribution in [0.2, 0.25) is 0 Å². The first-order chi connectivity index (χ1) is 9.52. The Morgan fingerprint density at radius 3 is 2.55 bits per heavy atom. The molecule has 1 unspecified atom stereocenters. The van der Waals surface area contributed by atoms with Gasteiger partial charge in [-0.2, -0.15) is 0 Å². The number of hydrogen-bond donors (Lipinski definition) is 2. The maximum absolute atomic E-state index is 13.7. The smallest absolute Gasteiger partial charge is 0.126 e. The molecule has 0 aromatic heterocycles. The molecule has 0 saturated carbocycles. The molecular formula is C17H20FNO. The molecule has 0 aliphatic carbocycles. The average molecular weight is 273 g/mol. The van der Waals surface area contributed by atoms with Gasteiger partial charge < -0.3 is 10.4 Å². The van der Waals surface area contributed by atoms with E-state index in [1.807, 2.05) is 44.2 Å². The maximum atomic E-state index is 13.7. The maximum Gasteiger partial charge on any atom is 0.126 e. The molecule has 0 radical (unpaired) electrons. The van der Waals surface area contributed by atoms with Crippen LogP contribution in [0.1, 0.15) is 18.1 Å². The highest BCUT2D eigenvalue weighted by Crippen LogP contribution is 2.21. The Hall–Kier alpha value is -1.87. The van der Waals surface area contributed by atoms with Gasteiger partial charge in [0, 0.05) is 12.1 Å². The minimum absolute atomic E-state index is 0.0741. The Kier molecular flexibility index (Phi) is 4.40. The van der Waals surface area contributed by atoms with E-state index in [-0.39, 0.29) is 12.4 Å². The van der Waals surface area contributed by atoms with E-state index in [1.165, 1.54) is 6.07 Å². The van der Waals surface area contributed by atoms with Gasteiger partial charge in [0.1, 0.15) is 5.82 Å². The van der Waals surface area contributed by atoms with E-state index in [4.69, 9.17) is 0 Å². The van der Waals surface area contributed by atoms with Crippen molar-refractivity contribution in [3.63, 3.8) is 0 Å². The standard InChI is InChI=1S/C17H20FNO/c1-13-6-5-8-15(10-13)19-17(2,12-20)11-14-7-3-4-9-16(14)18/h3-10,19-20H,11-12H2,1-2H3. The monoisotopic (exact) mass is 273 g/mol. The molecule has 0 aliphatic rings. The molecule has 2 rings (SSSR count). The molecule has 0 spiro atoms. The van der Waals surface area contributed by atoms with Gasteiger partial charge in [0.05, 0.1) is 12.1 Å². The molecule has 0 heterocycles. The van der Waals surface area contributed by atoms with E-state index in [2.05, 4.69) is 5.32 Å². The fourth-order valence-corrected chi connectivity index (χ4v) is 2.27. The van der Waals surface area contributed by atoms with Crippen molar-refractivity contribution < 1.29 is 9.50 Å². The molecule has 106 valence electrons. The molecule has 2 N–H and O–H groups in total. The number of halogens is 1. The number of aliphatic hydroxyl groups excluding tert-OH is 1. The quantitative estimate of drug-likeness (QED) is 0.873. The molecule has 0 aliphatic heterocycles. The van der Waals surface area contributed by atoms with Gasteiger partial charge >= 0.3 is 0 Å². The lowest BCUT2D eigenvalue weighted by atomic mass is 9.92. The zero-order chi connectivity index (χ0) is 14.6. The first-order valence-electron chi connectivity index (χ1n) is 6.71. The molecule has 0 amide bonds. The van der Waals surface area contributed by atoms with Gasteiger partial charge in [-0.05, 0) is 43.2 Å².